The van der Waals surface area contributed by atoms with Gasteiger partial charge in [0.25, 0.3) is 0 Å². The maximum atomic E-state index is 13.3. The van der Waals surface area contributed by atoms with Crippen molar-refractivity contribution in [2.75, 3.05) is 0 Å². The van der Waals surface area contributed by atoms with Crippen molar-refractivity contribution >= 4 is 43.5 Å². The predicted molar refractivity (Wildman–Crippen MR) is 81.9 cm³/mol. The van der Waals surface area contributed by atoms with Gasteiger partial charge in [-0.1, -0.05) is 23.7 Å². The van der Waals surface area contributed by atoms with Gasteiger partial charge < -0.3 is 5.11 Å². The number of halogens is 4. The second kappa shape index (κ2) is 6.35. The summed E-state index contributed by atoms with van der Waals surface area (Å²) in [6.45, 7) is 0. The lowest BCUT2D eigenvalue weighted by Gasteiger charge is -2.12. The first-order chi connectivity index (χ1) is 8.97. The monoisotopic (exact) mass is 406 g/mol. The van der Waals surface area contributed by atoms with Crippen molar-refractivity contribution < 1.29 is 9.50 Å². The van der Waals surface area contributed by atoms with Crippen LogP contribution in [0.2, 0.25) is 5.02 Å². The Morgan fingerprint density at radius 3 is 2.47 bits per heavy atom. The van der Waals surface area contributed by atoms with Crippen LogP contribution in [0, 0.1) is 5.82 Å². The van der Waals surface area contributed by atoms with Crippen molar-refractivity contribution in [3.05, 3.63) is 67.3 Å². The van der Waals surface area contributed by atoms with Gasteiger partial charge in [0.15, 0.2) is 0 Å². The molecule has 0 radical (unpaired) electrons. The second-order valence-corrected chi connectivity index (χ2v) is 6.26. The molecule has 1 unspecified atom stereocenters. The summed E-state index contributed by atoms with van der Waals surface area (Å²) < 4.78 is 15.1. The van der Waals surface area contributed by atoms with Crippen molar-refractivity contribution in [2.24, 2.45) is 0 Å². The van der Waals surface area contributed by atoms with E-state index in [1.165, 1.54) is 12.1 Å². The molecule has 0 saturated carbocycles. The lowest BCUT2D eigenvalue weighted by Crippen LogP contribution is -2.02. The number of aliphatic hydroxyl groups excluding tert-OH is 1. The number of benzene rings is 2. The molecule has 0 aromatic heterocycles. The van der Waals surface area contributed by atoms with Crippen molar-refractivity contribution in [1.29, 1.82) is 0 Å². The minimum atomic E-state index is -0.690. The van der Waals surface area contributed by atoms with Gasteiger partial charge in [0.05, 0.1) is 11.1 Å². The van der Waals surface area contributed by atoms with E-state index in [9.17, 15) is 9.50 Å². The summed E-state index contributed by atoms with van der Waals surface area (Å²) in [7, 11) is 0. The number of aliphatic hydroxyl groups is 1. The van der Waals surface area contributed by atoms with Gasteiger partial charge in [0.2, 0.25) is 0 Å². The molecule has 0 spiro atoms. The van der Waals surface area contributed by atoms with Gasteiger partial charge in [-0.15, -0.1) is 0 Å². The SMILES string of the molecule is OC(Cc1ccc(Cl)c(F)c1)c1ccc(Br)c(Br)c1. The lowest BCUT2D eigenvalue weighted by molar-refractivity contribution is 0.178. The van der Waals surface area contributed by atoms with Gasteiger partial charge in [-0.05, 0) is 67.3 Å². The van der Waals surface area contributed by atoms with Gasteiger partial charge in [-0.3, -0.25) is 0 Å². The Bertz CT molecular complexity index is 604. The van der Waals surface area contributed by atoms with Crippen LogP contribution in [-0.4, -0.2) is 5.11 Å². The Labute approximate surface area is 132 Å². The molecule has 2 aromatic carbocycles. The standard InChI is InChI=1S/C14H10Br2ClFO/c15-10-3-2-9(7-11(10)16)14(19)6-8-1-4-12(17)13(18)5-8/h1-5,7,14,19H,6H2. The highest BCUT2D eigenvalue weighted by atomic mass is 79.9. The van der Waals surface area contributed by atoms with Crippen molar-refractivity contribution in [2.45, 2.75) is 12.5 Å². The topological polar surface area (TPSA) is 20.2 Å². The van der Waals surface area contributed by atoms with Gasteiger partial charge in [-0.2, -0.15) is 0 Å². The predicted octanol–water partition coefficient (Wildman–Crippen LogP) is 5.28. The summed E-state index contributed by atoms with van der Waals surface area (Å²) in [5.74, 6) is -0.469. The molecule has 1 atom stereocenters. The molecule has 1 N–H and O–H groups in total. The van der Waals surface area contributed by atoms with Gasteiger partial charge >= 0.3 is 0 Å². The quantitative estimate of drug-likeness (QED) is 0.733. The van der Waals surface area contributed by atoms with Crippen LogP contribution in [0.5, 0.6) is 0 Å². The van der Waals surface area contributed by atoms with Gasteiger partial charge in [-0.25, -0.2) is 4.39 Å². The molecule has 2 aromatic rings. The fraction of sp³-hybridized carbons (Fsp3) is 0.143. The molecule has 1 nitrogen and oxygen atoms in total. The van der Waals surface area contributed by atoms with Crippen LogP contribution in [0.3, 0.4) is 0 Å². The minimum Gasteiger partial charge on any atom is -0.388 e. The molecular formula is C14H10Br2ClFO. The van der Waals surface area contributed by atoms with E-state index in [-0.39, 0.29) is 5.02 Å². The first kappa shape index (κ1) is 15.0. The maximum absolute atomic E-state index is 13.3. The smallest absolute Gasteiger partial charge is 0.142 e. The highest BCUT2D eigenvalue weighted by Crippen LogP contribution is 2.28. The summed E-state index contributed by atoms with van der Waals surface area (Å²) in [4.78, 5) is 0. The minimum absolute atomic E-state index is 0.0876. The van der Waals surface area contributed by atoms with Crippen LogP contribution in [0.4, 0.5) is 4.39 Å². The normalized spacial score (nSPS) is 12.5. The van der Waals surface area contributed by atoms with E-state index in [0.29, 0.717) is 12.0 Å². The Hall–Kier alpha value is -0.420. The molecule has 0 bridgehead atoms. The Balaban J connectivity index is 2.17. The number of hydrogen-bond acceptors (Lipinski definition) is 1. The third kappa shape index (κ3) is 3.78. The Morgan fingerprint density at radius 2 is 1.84 bits per heavy atom. The lowest BCUT2D eigenvalue weighted by atomic mass is 10.0. The zero-order chi connectivity index (χ0) is 14.0. The Kier molecular flexibility index (Phi) is 5.01. The third-order valence-corrected chi connectivity index (χ3v) is 4.93. The zero-order valence-corrected chi connectivity index (χ0v) is 13.6. The van der Waals surface area contributed by atoms with E-state index >= 15 is 0 Å². The molecule has 5 heteroatoms. The van der Waals surface area contributed by atoms with Crippen LogP contribution >= 0.6 is 43.5 Å². The summed E-state index contributed by atoms with van der Waals surface area (Å²) in [5.41, 5.74) is 1.47. The van der Waals surface area contributed by atoms with E-state index in [2.05, 4.69) is 31.9 Å². The van der Waals surface area contributed by atoms with Gasteiger partial charge in [0, 0.05) is 15.4 Å². The van der Waals surface area contributed by atoms with E-state index in [1.54, 1.807) is 6.07 Å². The molecule has 0 amide bonds. The van der Waals surface area contributed by atoms with E-state index in [4.69, 9.17) is 11.6 Å². The number of rotatable bonds is 3. The van der Waals surface area contributed by atoms with Crippen LogP contribution in [0.25, 0.3) is 0 Å². The third-order valence-electron chi connectivity index (χ3n) is 2.74. The fourth-order valence-corrected chi connectivity index (χ4v) is 2.49. The van der Waals surface area contributed by atoms with E-state index < -0.39 is 11.9 Å². The van der Waals surface area contributed by atoms with E-state index in [1.807, 2.05) is 18.2 Å². The molecule has 0 aliphatic carbocycles. The molecule has 0 fully saturated rings. The summed E-state index contributed by atoms with van der Waals surface area (Å²) in [5, 5.41) is 10.2. The van der Waals surface area contributed by atoms with Crippen molar-refractivity contribution in [3.63, 3.8) is 0 Å². The Morgan fingerprint density at radius 1 is 1.11 bits per heavy atom. The first-order valence-corrected chi connectivity index (χ1v) is 7.50. The van der Waals surface area contributed by atoms with Crippen molar-refractivity contribution in [1.82, 2.24) is 0 Å². The summed E-state index contributed by atoms with van der Waals surface area (Å²) in [6, 6.07) is 10.1. The fourth-order valence-electron chi connectivity index (χ4n) is 1.73. The molecule has 19 heavy (non-hydrogen) atoms. The van der Waals surface area contributed by atoms with Gasteiger partial charge in [0.1, 0.15) is 5.82 Å². The summed E-state index contributed by atoms with van der Waals surface area (Å²) in [6.07, 6.45) is -0.354. The molecule has 100 valence electrons. The zero-order valence-electron chi connectivity index (χ0n) is 9.71. The van der Waals surface area contributed by atoms with Crippen LogP contribution in [-0.2, 0) is 6.42 Å². The van der Waals surface area contributed by atoms with Crippen LogP contribution in [0.15, 0.2) is 45.3 Å². The van der Waals surface area contributed by atoms with E-state index in [0.717, 1.165) is 14.5 Å². The van der Waals surface area contributed by atoms with Crippen LogP contribution in [0.1, 0.15) is 17.2 Å². The largest absolute Gasteiger partial charge is 0.388 e. The molecule has 0 heterocycles. The van der Waals surface area contributed by atoms with Crippen molar-refractivity contribution in [3.8, 4) is 0 Å². The highest BCUT2D eigenvalue weighted by molar-refractivity contribution is 9.13. The summed E-state index contributed by atoms with van der Waals surface area (Å²) >= 11 is 12.4. The molecular weight excluding hydrogens is 398 g/mol. The molecule has 0 aliphatic rings. The average molecular weight is 408 g/mol. The van der Waals surface area contributed by atoms with Crippen LogP contribution < -0.4 is 0 Å². The maximum Gasteiger partial charge on any atom is 0.142 e. The molecule has 0 aliphatic heterocycles. The number of hydrogen-bond donors (Lipinski definition) is 1. The highest BCUT2D eigenvalue weighted by Gasteiger charge is 2.11. The average Bonchev–Trinajstić information content (AvgIpc) is 2.37. The second-order valence-electron chi connectivity index (χ2n) is 4.14. The molecule has 0 saturated heterocycles. The molecule has 2 rings (SSSR count). The first-order valence-electron chi connectivity index (χ1n) is 5.54.